The molecular weight excluding hydrogens is 438 g/mol. The molecule has 34 heavy (non-hydrogen) atoms. The Morgan fingerprint density at radius 2 is 1.71 bits per heavy atom. The van der Waals surface area contributed by atoms with Gasteiger partial charge in [-0.1, -0.05) is 12.1 Å². The highest BCUT2D eigenvalue weighted by atomic mass is 16.6. The summed E-state index contributed by atoms with van der Waals surface area (Å²) in [6.07, 6.45) is 1.42. The van der Waals surface area contributed by atoms with Crippen LogP contribution in [0.4, 0.5) is 5.69 Å². The number of amides is 1. The van der Waals surface area contributed by atoms with Crippen LogP contribution in [0.5, 0.6) is 23.0 Å². The second-order valence-corrected chi connectivity index (χ2v) is 7.56. The predicted molar refractivity (Wildman–Crippen MR) is 126 cm³/mol. The molecule has 0 saturated carbocycles. The highest BCUT2D eigenvalue weighted by Gasteiger charge is 2.14. The van der Waals surface area contributed by atoms with Gasteiger partial charge in [0.15, 0.2) is 23.5 Å². The van der Waals surface area contributed by atoms with Crippen LogP contribution < -0.4 is 29.7 Å². The molecule has 0 fully saturated rings. The number of ether oxygens (including phenoxy) is 4. The maximum atomic E-state index is 13.0. The van der Waals surface area contributed by atoms with Gasteiger partial charge >= 0.3 is 0 Å². The number of carbonyl (C=O) groups excluding carboxylic acids is 1. The molecule has 1 aliphatic rings. The van der Waals surface area contributed by atoms with Crippen LogP contribution in [0.1, 0.15) is 0 Å². The minimum atomic E-state index is -0.340. The fraction of sp³-hybridized carbons (Fsp3) is 0.154. The van der Waals surface area contributed by atoms with Crippen LogP contribution >= 0.6 is 0 Å². The van der Waals surface area contributed by atoms with E-state index in [4.69, 9.17) is 23.4 Å². The molecule has 0 radical (unpaired) electrons. The van der Waals surface area contributed by atoms with E-state index >= 15 is 0 Å². The molecule has 0 atom stereocenters. The van der Waals surface area contributed by atoms with E-state index in [-0.39, 0.29) is 17.9 Å². The van der Waals surface area contributed by atoms with Crippen LogP contribution in [0.3, 0.4) is 0 Å². The fourth-order valence-electron chi connectivity index (χ4n) is 3.64. The first kappa shape index (κ1) is 21.4. The second-order valence-electron chi connectivity index (χ2n) is 7.56. The third-order valence-electron chi connectivity index (χ3n) is 5.34. The molecule has 5 rings (SSSR count). The summed E-state index contributed by atoms with van der Waals surface area (Å²) >= 11 is 0. The van der Waals surface area contributed by atoms with Crippen molar-refractivity contribution in [1.82, 2.24) is 0 Å². The van der Waals surface area contributed by atoms with Crippen LogP contribution in [0.25, 0.3) is 22.1 Å². The zero-order chi connectivity index (χ0) is 23.5. The molecule has 4 aromatic rings. The van der Waals surface area contributed by atoms with Gasteiger partial charge in [0.1, 0.15) is 36.6 Å². The first-order chi connectivity index (χ1) is 16.6. The molecule has 1 aromatic heterocycles. The molecule has 0 unspecified atom stereocenters. The quantitative estimate of drug-likeness (QED) is 0.460. The Kier molecular flexibility index (Phi) is 5.78. The lowest BCUT2D eigenvalue weighted by Gasteiger charge is -2.19. The van der Waals surface area contributed by atoms with Crippen molar-refractivity contribution in [2.45, 2.75) is 0 Å². The Bertz CT molecular complexity index is 1410. The Morgan fingerprint density at radius 3 is 2.50 bits per heavy atom. The number of hydrogen-bond donors (Lipinski definition) is 1. The lowest BCUT2D eigenvalue weighted by atomic mass is 10.1. The number of rotatable bonds is 6. The van der Waals surface area contributed by atoms with Crippen LogP contribution in [0, 0.1) is 0 Å². The van der Waals surface area contributed by atoms with Crippen molar-refractivity contribution in [3.63, 3.8) is 0 Å². The summed E-state index contributed by atoms with van der Waals surface area (Å²) in [4.78, 5) is 25.3. The first-order valence-electron chi connectivity index (χ1n) is 10.6. The van der Waals surface area contributed by atoms with Crippen molar-refractivity contribution >= 4 is 22.6 Å². The first-order valence-corrected chi connectivity index (χ1v) is 10.6. The lowest BCUT2D eigenvalue weighted by Crippen LogP contribution is -2.20. The molecular formula is C26H21NO7. The minimum absolute atomic E-state index is 0.158. The zero-order valence-electron chi connectivity index (χ0n) is 18.3. The highest BCUT2D eigenvalue weighted by Crippen LogP contribution is 2.32. The molecule has 8 nitrogen and oxygen atoms in total. The Morgan fingerprint density at radius 1 is 0.941 bits per heavy atom. The van der Waals surface area contributed by atoms with E-state index in [9.17, 15) is 9.59 Å². The molecule has 1 amide bonds. The molecule has 8 heteroatoms. The van der Waals surface area contributed by atoms with Crippen LogP contribution in [0.2, 0.25) is 0 Å². The van der Waals surface area contributed by atoms with E-state index in [0.29, 0.717) is 58.4 Å². The molecule has 0 saturated heterocycles. The summed E-state index contributed by atoms with van der Waals surface area (Å²) in [5, 5.41) is 3.18. The minimum Gasteiger partial charge on any atom is -0.497 e. The Hall–Kier alpha value is -4.46. The maximum Gasteiger partial charge on any atom is 0.262 e. The second kappa shape index (κ2) is 9.19. The van der Waals surface area contributed by atoms with Gasteiger partial charge in [0.05, 0.1) is 18.1 Å². The molecule has 172 valence electrons. The number of hydrogen-bond acceptors (Lipinski definition) is 7. The summed E-state index contributed by atoms with van der Waals surface area (Å²) < 4.78 is 27.4. The number of carbonyl (C=O) groups is 1. The van der Waals surface area contributed by atoms with Crippen LogP contribution in [-0.4, -0.2) is 32.8 Å². The lowest BCUT2D eigenvalue weighted by molar-refractivity contribution is -0.118. The monoisotopic (exact) mass is 459 g/mol. The van der Waals surface area contributed by atoms with E-state index in [1.165, 1.54) is 6.26 Å². The average molecular weight is 459 g/mol. The molecule has 2 heterocycles. The van der Waals surface area contributed by atoms with Crippen molar-refractivity contribution < 1.29 is 28.2 Å². The topological polar surface area (TPSA) is 96.2 Å². The number of anilines is 1. The smallest absolute Gasteiger partial charge is 0.262 e. The van der Waals surface area contributed by atoms with Crippen molar-refractivity contribution in [3.8, 4) is 34.1 Å². The molecule has 3 aromatic carbocycles. The van der Waals surface area contributed by atoms with Gasteiger partial charge in [-0.3, -0.25) is 9.59 Å². The molecule has 1 N–H and O–H groups in total. The Balaban J connectivity index is 1.27. The standard InChI is InChI=1S/C26H21NO7/c1-30-18-5-2-16(3-6-18)21-14-34-23-13-19(7-8-20(23)26(21)29)33-15-25(28)27-17-4-9-22-24(12-17)32-11-10-31-22/h2-9,12-14H,10-11,15H2,1H3,(H,27,28). The van der Waals surface area contributed by atoms with Crippen molar-refractivity contribution in [1.29, 1.82) is 0 Å². The van der Waals surface area contributed by atoms with E-state index in [1.54, 1.807) is 67.8 Å². The van der Waals surface area contributed by atoms with Crippen LogP contribution in [-0.2, 0) is 4.79 Å². The van der Waals surface area contributed by atoms with Gasteiger partial charge in [-0.25, -0.2) is 0 Å². The summed E-state index contributed by atoms with van der Waals surface area (Å²) in [5.74, 6) is 2.00. The number of fused-ring (bicyclic) bond motifs is 2. The fourth-order valence-corrected chi connectivity index (χ4v) is 3.64. The number of methoxy groups -OCH3 is 1. The third kappa shape index (κ3) is 4.38. The summed E-state index contributed by atoms with van der Waals surface area (Å²) in [5.41, 5.74) is 1.96. The maximum absolute atomic E-state index is 13.0. The number of benzene rings is 3. The van der Waals surface area contributed by atoms with Crippen LogP contribution in [0.15, 0.2) is 76.1 Å². The van der Waals surface area contributed by atoms with Gasteiger partial charge in [0.25, 0.3) is 5.91 Å². The zero-order valence-corrected chi connectivity index (χ0v) is 18.3. The van der Waals surface area contributed by atoms with Gasteiger partial charge in [0, 0.05) is 17.8 Å². The normalized spacial score (nSPS) is 12.3. The van der Waals surface area contributed by atoms with Gasteiger partial charge in [-0.15, -0.1) is 0 Å². The van der Waals surface area contributed by atoms with Gasteiger partial charge in [-0.05, 0) is 42.0 Å². The summed E-state index contributed by atoms with van der Waals surface area (Å²) in [6.45, 7) is 0.753. The van der Waals surface area contributed by atoms with Gasteiger partial charge < -0.3 is 28.7 Å². The largest absolute Gasteiger partial charge is 0.497 e. The van der Waals surface area contributed by atoms with Crippen molar-refractivity contribution in [2.24, 2.45) is 0 Å². The molecule has 0 spiro atoms. The summed E-state index contributed by atoms with van der Waals surface area (Å²) in [6, 6.07) is 17.2. The SMILES string of the molecule is COc1ccc(-c2coc3cc(OCC(=O)Nc4ccc5c(c4)OCCO5)ccc3c2=O)cc1. The van der Waals surface area contributed by atoms with E-state index < -0.39 is 0 Å². The van der Waals surface area contributed by atoms with E-state index in [1.807, 2.05) is 0 Å². The van der Waals surface area contributed by atoms with E-state index in [2.05, 4.69) is 5.32 Å². The van der Waals surface area contributed by atoms with E-state index in [0.717, 1.165) is 5.56 Å². The summed E-state index contributed by atoms with van der Waals surface area (Å²) in [7, 11) is 1.58. The average Bonchev–Trinajstić information content (AvgIpc) is 2.88. The molecule has 1 aliphatic heterocycles. The number of nitrogens with one attached hydrogen (secondary N) is 1. The highest BCUT2D eigenvalue weighted by molar-refractivity contribution is 5.92. The molecule has 0 aliphatic carbocycles. The van der Waals surface area contributed by atoms with Gasteiger partial charge in [0.2, 0.25) is 0 Å². The Labute approximate surface area is 194 Å². The predicted octanol–water partition coefficient (Wildman–Crippen LogP) is 4.26. The van der Waals surface area contributed by atoms with Crippen molar-refractivity contribution in [3.05, 3.63) is 77.2 Å². The van der Waals surface area contributed by atoms with Crippen molar-refractivity contribution in [2.75, 3.05) is 32.2 Å². The third-order valence-corrected chi connectivity index (χ3v) is 5.34. The molecule has 0 bridgehead atoms. The van der Waals surface area contributed by atoms with Gasteiger partial charge in [-0.2, -0.15) is 0 Å².